The molecule has 5 rings (SSSR count). The Bertz CT molecular complexity index is 1540. The lowest BCUT2D eigenvalue weighted by atomic mass is 9.96. The normalized spacial score (nSPS) is 15.6. The van der Waals surface area contributed by atoms with Crippen LogP contribution in [0.15, 0.2) is 52.7 Å². The van der Waals surface area contributed by atoms with Crippen LogP contribution < -0.4 is 19.8 Å². The smallest absolute Gasteiger partial charge is 0.333 e. The molecule has 2 aliphatic rings. The Morgan fingerprint density at radius 2 is 1.78 bits per heavy atom. The highest BCUT2D eigenvalue weighted by atomic mass is 35.5. The number of anilines is 3. The molecule has 0 atom stereocenters. The maximum atomic E-state index is 15.0. The minimum atomic E-state index is -4.17. The van der Waals surface area contributed by atoms with Gasteiger partial charge in [-0.3, -0.25) is 9.59 Å². The number of nitrogens with zero attached hydrogens (tertiary/aromatic N) is 2. The van der Waals surface area contributed by atoms with Crippen LogP contribution in [0.2, 0.25) is 4.34 Å². The van der Waals surface area contributed by atoms with Crippen molar-refractivity contribution in [2.75, 3.05) is 28.2 Å². The van der Waals surface area contributed by atoms with Crippen molar-refractivity contribution in [3.63, 3.8) is 0 Å². The third kappa shape index (κ3) is 5.04. The van der Waals surface area contributed by atoms with Crippen LogP contribution in [0.25, 0.3) is 0 Å². The van der Waals surface area contributed by atoms with Gasteiger partial charge in [0.2, 0.25) is 5.91 Å². The number of halogens is 2. The summed E-state index contributed by atoms with van der Waals surface area (Å²) in [6, 6.07) is 10.2. The number of hydrogen-bond acceptors (Lipinski definition) is 7. The SMILES string of the molecule is O=C(Nc1ccc(N2C(=O)Cc3cc(N4CCCC4)ccc3C2=O)c(F)c1)NS(=O)(=O)c1ccc(Cl)s1. The van der Waals surface area contributed by atoms with E-state index in [1.165, 1.54) is 24.3 Å². The fourth-order valence-corrected chi connectivity index (χ4v) is 6.75. The fraction of sp³-hybridized carbons (Fsp3) is 0.208. The fourth-order valence-electron chi connectivity index (χ4n) is 4.36. The van der Waals surface area contributed by atoms with Gasteiger partial charge >= 0.3 is 6.03 Å². The van der Waals surface area contributed by atoms with Gasteiger partial charge in [-0.2, -0.15) is 0 Å². The molecule has 0 spiro atoms. The van der Waals surface area contributed by atoms with Crippen molar-refractivity contribution < 1.29 is 27.2 Å². The van der Waals surface area contributed by atoms with Crippen molar-refractivity contribution >= 4 is 67.9 Å². The van der Waals surface area contributed by atoms with Gasteiger partial charge in [0.05, 0.1) is 16.4 Å². The molecular formula is C24H20ClFN4O5S2. The summed E-state index contributed by atoms with van der Waals surface area (Å²) in [6.07, 6.45) is 2.12. The molecule has 2 aliphatic heterocycles. The Hall–Kier alpha value is -3.48. The summed E-state index contributed by atoms with van der Waals surface area (Å²) in [7, 11) is -4.17. The Labute approximate surface area is 220 Å². The van der Waals surface area contributed by atoms with Gasteiger partial charge in [-0.1, -0.05) is 11.6 Å². The predicted molar refractivity (Wildman–Crippen MR) is 138 cm³/mol. The van der Waals surface area contributed by atoms with Crippen molar-refractivity contribution in [1.29, 1.82) is 0 Å². The molecule has 1 aromatic heterocycles. The topological polar surface area (TPSA) is 116 Å². The summed E-state index contributed by atoms with van der Waals surface area (Å²) >= 11 is 6.51. The second-order valence-corrected chi connectivity index (χ2v) is 12.2. The Morgan fingerprint density at radius 1 is 1.03 bits per heavy atom. The molecule has 13 heteroatoms. The number of amides is 4. The van der Waals surface area contributed by atoms with Crippen LogP contribution in [0.1, 0.15) is 28.8 Å². The average molecular weight is 563 g/mol. The first-order valence-electron chi connectivity index (χ1n) is 11.3. The van der Waals surface area contributed by atoms with Gasteiger partial charge in [0, 0.05) is 30.0 Å². The summed E-state index contributed by atoms with van der Waals surface area (Å²) in [5, 5.41) is 2.23. The van der Waals surface area contributed by atoms with Crippen LogP contribution in [-0.4, -0.2) is 39.4 Å². The van der Waals surface area contributed by atoms with E-state index in [-0.39, 0.29) is 26.3 Å². The maximum absolute atomic E-state index is 15.0. The zero-order chi connectivity index (χ0) is 26.3. The molecule has 192 valence electrons. The maximum Gasteiger partial charge on any atom is 0.333 e. The lowest BCUT2D eigenvalue weighted by Crippen LogP contribution is -2.43. The minimum absolute atomic E-state index is 0.0603. The number of urea groups is 1. The summed E-state index contributed by atoms with van der Waals surface area (Å²) in [5.41, 5.74) is 1.53. The molecule has 0 bridgehead atoms. The molecule has 37 heavy (non-hydrogen) atoms. The molecule has 2 N–H and O–H groups in total. The van der Waals surface area contributed by atoms with Crippen LogP contribution in [0.5, 0.6) is 0 Å². The van der Waals surface area contributed by atoms with E-state index in [1.807, 2.05) is 16.9 Å². The highest BCUT2D eigenvalue weighted by molar-refractivity contribution is 7.92. The number of benzene rings is 2. The van der Waals surface area contributed by atoms with Crippen molar-refractivity contribution in [3.8, 4) is 0 Å². The molecule has 3 aromatic rings. The molecule has 0 radical (unpaired) electrons. The minimum Gasteiger partial charge on any atom is -0.372 e. The van der Waals surface area contributed by atoms with Crippen LogP contribution in [0.4, 0.5) is 26.2 Å². The Balaban J connectivity index is 1.32. The first-order valence-corrected chi connectivity index (χ1v) is 13.9. The number of fused-ring (bicyclic) bond motifs is 1. The first kappa shape index (κ1) is 25.2. The van der Waals surface area contributed by atoms with E-state index < -0.39 is 33.7 Å². The standard InChI is InChI=1S/C24H20ClFN4O5S2/c25-20-7-8-22(36-20)37(34,35)28-24(33)27-15-3-6-19(18(26)13-15)30-21(31)12-14-11-16(29-9-1-2-10-29)4-5-17(14)23(30)32/h3-8,11,13H,1-2,9-10,12H2,(H2,27,28,33). The van der Waals surface area contributed by atoms with Gasteiger partial charge in [-0.25, -0.2) is 27.2 Å². The first-order chi connectivity index (χ1) is 17.6. The van der Waals surface area contributed by atoms with E-state index in [2.05, 4.69) is 10.2 Å². The molecule has 9 nitrogen and oxygen atoms in total. The number of hydrogen-bond donors (Lipinski definition) is 2. The summed E-state index contributed by atoms with van der Waals surface area (Å²) in [4.78, 5) is 41.2. The van der Waals surface area contributed by atoms with Gasteiger partial charge < -0.3 is 10.2 Å². The van der Waals surface area contributed by atoms with E-state index in [4.69, 9.17) is 11.6 Å². The number of thiophene rings is 1. The van der Waals surface area contributed by atoms with Gasteiger partial charge in [0.25, 0.3) is 15.9 Å². The lowest BCUT2D eigenvalue weighted by molar-refractivity contribution is -0.117. The largest absolute Gasteiger partial charge is 0.372 e. The summed E-state index contributed by atoms with van der Waals surface area (Å²) < 4.78 is 41.4. The third-order valence-electron chi connectivity index (χ3n) is 6.07. The van der Waals surface area contributed by atoms with Crippen LogP contribution in [-0.2, 0) is 21.2 Å². The lowest BCUT2D eigenvalue weighted by Gasteiger charge is -2.28. The van der Waals surface area contributed by atoms with Crippen molar-refractivity contribution in [1.82, 2.24) is 4.72 Å². The molecule has 0 unspecified atom stereocenters. The summed E-state index contributed by atoms with van der Waals surface area (Å²) in [6.45, 7) is 1.84. The van der Waals surface area contributed by atoms with Crippen molar-refractivity contribution in [2.24, 2.45) is 0 Å². The van der Waals surface area contributed by atoms with Crippen LogP contribution in [0, 0.1) is 5.82 Å². The predicted octanol–water partition coefficient (Wildman–Crippen LogP) is 4.38. The molecule has 1 saturated heterocycles. The van der Waals surface area contributed by atoms with E-state index >= 15 is 4.39 Å². The Kier molecular flexibility index (Phi) is 6.65. The van der Waals surface area contributed by atoms with Gasteiger partial charge in [0.1, 0.15) is 10.0 Å². The van der Waals surface area contributed by atoms with Crippen LogP contribution in [0.3, 0.4) is 0 Å². The zero-order valence-corrected chi connectivity index (χ0v) is 21.6. The van der Waals surface area contributed by atoms with E-state index in [1.54, 1.807) is 6.07 Å². The number of nitrogens with one attached hydrogen (secondary N) is 2. The number of carbonyl (C=O) groups is 3. The monoisotopic (exact) mass is 562 g/mol. The third-order valence-corrected chi connectivity index (χ3v) is 9.13. The number of sulfonamides is 1. The quantitative estimate of drug-likeness (QED) is 0.446. The van der Waals surface area contributed by atoms with Gasteiger partial charge in [-0.15, -0.1) is 11.3 Å². The zero-order valence-electron chi connectivity index (χ0n) is 19.2. The molecule has 3 heterocycles. The van der Waals surface area contributed by atoms with Crippen LogP contribution >= 0.6 is 22.9 Å². The van der Waals surface area contributed by atoms with Crippen molar-refractivity contribution in [2.45, 2.75) is 23.5 Å². The number of carbonyl (C=O) groups excluding carboxylic acids is 3. The molecule has 0 saturated carbocycles. The van der Waals surface area contributed by atoms with Crippen molar-refractivity contribution in [3.05, 3.63) is 69.8 Å². The average Bonchev–Trinajstić information content (AvgIpc) is 3.52. The molecule has 4 amide bonds. The second kappa shape index (κ2) is 9.77. The summed E-state index contributed by atoms with van der Waals surface area (Å²) in [5.74, 6) is -2.16. The van der Waals surface area contributed by atoms with E-state index in [9.17, 15) is 22.8 Å². The highest BCUT2D eigenvalue weighted by Crippen LogP contribution is 2.32. The number of rotatable bonds is 5. The second-order valence-electron chi connectivity index (χ2n) is 8.53. The van der Waals surface area contributed by atoms with E-state index in [0.29, 0.717) is 11.1 Å². The van der Waals surface area contributed by atoms with Gasteiger partial charge in [0.15, 0.2) is 0 Å². The van der Waals surface area contributed by atoms with Gasteiger partial charge in [-0.05, 0) is 66.9 Å². The molecule has 1 fully saturated rings. The molecule has 2 aromatic carbocycles. The molecule has 0 aliphatic carbocycles. The molecular weight excluding hydrogens is 543 g/mol. The Morgan fingerprint density at radius 3 is 2.46 bits per heavy atom. The number of imide groups is 1. The highest BCUT2D eigenvalue weighted by Gasteiger charge is 2.34. The van der Waals surface area contributed by atoms with E-state index in [0.717, 1.165) is 53.9 Å².